The molecule has 0 aromatic carbocycles. The maximum atomic E-state index is 12.3. The van der Waals surface area contributed by atoms with Gasteiger partial charge < -0.3 is 21.3 Å². The van der Waals surface area contributed by atoms with Crippen LogP contribution in [-0.4, -0.2) is 49.1 Å². The number of urea groups is 1. The number of nitrogens with one attached hydrogen (secondary N) is 2. The lowest BCUT2D eigenvalue weighted by atomic mass is 9.97. The summed E-state index contributed by atoms with van der Waals surface area (Å²) in [6, 6.07) is 0.338. The van der Waals surface area contributed by atoms with Crippen LogP contribution in [0.25, 0.3) is 0 Å². The molecule has 0 radical (unpaired) electrons. The van der Waals surface area contributed by atoms with Crippen molar-refractivity contribution in [2.45, 2.75) is 57.4 Å². The maximum absolute atomic E-state index is 12.3. The van der Waals surface area contributed by atoms with E-state index in [2.05, 4.69) is 10.6 Å². The molecular weight excluding hydrogens is 280 g/mol. The van der Waals surface area contributed by atoms with Crippen LogP contribution in [0.1, 0.15) is 51.4 Å². The molecule has 3 amide bonds. The van der Waals surface area contributed by atoms with Crippen molar-refractivity contribution >= 4 is 11.9 Å². The van der Waals surface area contributed by atoms with Crippen LogP contribution in [0.5, 0.6) is 0 Å². The van der Waals surface area contributed by atoms with E-state index in [9.17, 15) is 9.59 Å². The number of nitrogens with two attached hydrogens (primary N) is 1. The van der Waals surface area contributed by atoms with Crippen LogP contribution in [0.3, 0.4) is 0 Å². The molecule has 4 N–H and O–H groups in total. The molecule has 1 atom stereocenters. The van der Waals surface area contributed by atoms with E-state index in [4.69, 9.17) is 5.73 Å². The highest BCUT2D eigenvalue weighted by molar-refractivity contribution is 5.80. The summed E-state index contributed by atoms with van der Waals surface area (Å²) in [4.78, 5) is 26.3. The second kappa shape index (κ2) is 8.98. The third-order valence-corrected chi connectivity index (χ3v) is 4.69. The van der Waals surface area contributed by atoms with Gasteiger partial charge >= 0.3 is 6.03 Å². The molecule has 2 aliphatic rings. The third kappa shape index (κ3) is 5.16. The van der Waals surface area contributed by atoms with Crippen molar-refractivity contribution in [3.05, 3.63) is 0 Å². The van der Waals surface area contributed by atoms with E-state index < -0.39 is 0 Å². The minimum atomic E-state index is -0.0686. The Hall–Kier alpha value is -1.30. The van der Waals surface area contributed by atoms with Gasteiger partial charge in [0.25, 0.3) is 0 Å². The van der Waals surface area contributed by atoms with E-state index in [0.29, 0.717) is 25.7 Å². The molecule has 6 nitrogen and oxygen atoms in total. The van der Waals surface area contributed by atoms with Gasteiger partial charge in [-0.05, 0) is 45.1 Å². The molecular formula is C16H30N4O2. The predicted molar refractivity (Wildman–Crippen MR) is 86.4 cm³/mol. The van der Waals surface area contributed by atoms with E-state index in [-0.39, 0.29) is 17.9 Å². The Morgan fingerprint density at radius 2 is 1.86 bits per heavy atom. The zero-order valence-electron chi connectivity index (χ0n) is 13.5. The summed E-state index contributed by atoms with van der Waals surface area (Å²) >= 11 is 0. The molecule has 22 heavy (non-hydrogen) atoms. The fourth-order valence-corrected chi connectivity index (χ4v) is 3.34. The summed E-state index contributed by atoms with van der Waals surface area (Å²) in [7, 11) is 0. The van der Waals surface area contributed by atoms with Crippen LogP contribution in [0.15, 0.2) is 0 Å². The number of rotatable bonds is 6. The predicted octanol–water partition coefficient (Wildman–Crippen LogP) is 1.21. The lowest BCUT2D eigenvalue weighted by molar-refractivity contribution is -0.126. The second-order valence-electron chi connectivity index (χ2n) is 6.50. The minimum Gasteiger partial charge on any atom is -0.356 e. The number of nitrogens with zero attached hydrogens (tertiary/aromatic N) is 1. The Kier molecular flexibility index (Phi) is 6.96. The molecule has 1 aliphatic carbocycles. The molecule has 1 saturated carbocycles. The van der Waals surface area contributed by atoms with Gasteiger partial charge in [0.15, 0.2) is 0 Å². The van der Waals surface area contributed by atoms with Gasteiger partial charge in [0.1, 0.15) is 0 Å². The van der Waals surface area contributed by atoms with Crippen molar-refractivity contribution < 1.29 is 9.59 Å². The highest BCUT2D eigenvalue weighted by Crippen LogP contribution is 2.20. The van der Waals surface area contributed by atoms with Crippen LogP contribution < -0.4 is 16.4 Å². The smallest absolute Gasteiger partial charge is 0.317 e. The van der Waals surface area contributed by atoms with E-state index in [1.165, 1.54) is 12.8 Å². The Morgan fingerprint density at radius 1 is 1.09 bits per heavy atom. The molecule has 6 heteroatoms. The van der Waals surface area contributed by atoms with Gasteiger partial charge in [-0.3, -0.25) is 4.79 Å². The average Bonchev–Trinajstić information content (AvgIpc) is 3.04. The van der Waals surface area contributed by atoms with Gasteiger partial charge in [0.05, 0.1) is 5.92 Å². The number of piperidine rings is 1. The quantitative estimate of drug-likeness (QED) is 0.644. The highest BCUT2D eigenvalue weighted by atomic mass is 16.2. The summed E-state index contributed by atoms with van der Waals surface area (Å²) in [5.41, 5.74) is 5.44. The molecule has 0 bridgehead atoms. The highest BCUT2D eigenvalue weighted by Gasteiger charge is 2.29. The molecule has 0 aromatic heterocycles. The molecule has 1 heterocycles. The van der Waals surface area contributed by atoms with Gasteiger partial charge in [-0.15, -0.1) is 0 Å². The van der Waals surface area contributed by atoms with E-state index in [0.717, 1.165) is 45.1 Å². The molecule has 1 unspecified atom stereocenters. The molecule has 0 spiro atoms. The Morgan fingerprint density at radius 3 is 2.59 bits per heavy atom. The second-order valence-corrected chi connectivity index (χ2v) is 6.50. The minimum absolute atomic E-state index is 0.00697. The fourth-order valence-electron chi connectivity index (χ4n) is 3.34. The van der Waals surface area contributed by atoms with Crippen molar-refractivity contribution in [3.63, 3.8) is 0 Å². The van der Waals surface area contributed by atoms with E-state index in [1.807, 2.05) is 4.90 Å². The molecule has 0 aromatic rings. The molecule has 126 valence electrons. The van der Waals surface area contributed by atoms with Gasteiger partial charge in [-0.25, -0.2) is 4.79 Å². The van der Waals surface area contributed by atoms with Gasteiger partial charge in [0, 0.05) is 25.7 Å². The summed E-state index contributed by atoms with van der Waals surface area (Å²) in [5.74, 6) is 0.0105. The normalized spacial score (nSPS) is 22.6. The Labute approximate surface area is 133 Å². The number of carbonyl (C=O) groups excluding carboxylic acids is 2. The number of amides is 3. The van der Waals surface area contributed by atoms with Crippen LogP contribution >= 0.6 is 0 Å². The first-order valence-corrected chi connectivity index (χ1v) is 8.74. The lowest BCUT2D eigenvalue weighted by Gasteiger charge is -2.33. The van der Waals surface area contributed by atoms with Crippen LogP contribution in [-0.2, 0) is 4.79 Å². The van der Waals surface area contributed by atoms with Gasteiger partial charge in [0.2, 0.25) is 5.91 Å². The number of likely N-dealkylation sites (tertiary alicyclic amines) is 1. The van der Waals surface area contributed by atoms with Crippen LogP contribution in [0.2, 0.25) is 0 Å². The van der Waals surface area contributed by atoms with Crippen molar-refractivity contribution in [1.82, 2.24) is 15.5 Å². The fraction of sp³-hybridized carbons (Fsp3) is 0.875. The van der Waals surface area contributed by atoms with Crippen molar-refractivity contribution in [2.75, 3.05) is 26.2 Å². The summed E-state index contributed by atoms with van der Waals surface area (Å²) < 4.78 is 0. The number of unbranched alkanes of at least 4 members (excludes halogenated alkanes) is 1. The molecule has 2 fully saturated rings. The van der Waals surface area contributed by atoms with Gasteiger partial charge in [-0.2, -0.15) is 0 Å². The topological polar surface area (TPSA) is 87.5 Å². The molecule has 1 aliphatic heterocycles. The number of hydrogen-bond acceptors (Lipinski definition) is 3. The third-order valence-electron chi connectivity index (χ3n) is 4.69. The SMILES string of the molecule is NCCCCNC(=O)C1CCCN(C(=O)NC2CCCC2)C1. The van der Waals surface area contributed by atoms with Crippen LogP contribution in [0, 0.1) is 5.92 Å². The number of carbonyl (C=O) groups is 2. The first kappa shape index (κ1) is 17.1. The first-order valence-electron chi connectivity index (χ1n) is 8.74. The van der Waals surface area contributed by atoms with E-state index in [1.54, 1.807) is 0 Å². The van der Waals surface area contributed by atoms with Crippen molar-refractivity contribution in [2.24, 2.45) is 11.7 Å². The number of hydrogen-bond donors (Lipinski definition) is 3. The van der Waals surface area contributed by atoms with Crippen molar-refractivity contribution in [3.8, 4) is 0 Å². The summed E-state index contributed by atoms with van der Waals surface area (Å²) in [6.07, 6.45) is 8.21. The standard InChI is InChI=1S/C16H30N4O2/c17-9-3-4-10-18-15(21)13-6-5-11-20(12-13)16(22)19-14-7-1-2-8-14/h13-14H,1-12,17H2,(H,18,21)(H,19,22). The Balaban J connectivity index is 1.72. The summed E-state index contributed by atoms with van der Waals surface area (Å²) in [5, 5.41) is 6.08. The monoisotopic (exact) mass is 310 g/mol. The molecule has 1 saturated heterocycles. The molecule has 2 rings (SSSR count). The maximum Gasteiger partial charge on any atom is 0.317 e. The van der Waals surface area contributed by atoms with Crippen LogP contribution in [0.4, 0.5) is 4.79 Å². The van der Waals surface area contributed by atoms with Crippen molar-refractivity contribution in [1.29, 1.82) is 0 Å². The lowest BCUT2D eigenvalue weighted by Crippen LogP contribution is -2.50. The zero-order chi connectivity index (χ0) is 15.8. The first-order chi connectivity index (χ1) is 10.7. The Bertz CT molecular complexity index is 369. The van der Waals surface area contributed by atoms with Gasteiger partial charge in [-0.1, -0.05) is 12.8 Å². The van der Waals surface area contributed by atoms with E-state index >= 15 is 0 Å². The summed E-state index contributed by atoms with van der Waals surface area (Å²) in [6.45, 7) is 2.64. The average molecular weight is 310 g/mol. The zero-order valence-corrected chi connectivity index (χ0v) is 13.5. The largest absolute Gasteiger partial charge is 0.356 e.